The number of non-ortho nitro benzene ring substituents is 1. The summed E-state index contributed by atoms with van der Waals surface area (Å²) in [4.78, 5) is 37.1. The van der Waals surface area contributed by atoms with Crippen molar-refractivity contribution in [1.82, 2.24) is 4.57 Å². The van der Waals surface area contributed by atoms with Crippen LogP contribution in [0.3, 0.4) is 0 Å². The molecule has 132 valence electrons. The number of hydrogen-bond acceptors (Lipinski definition) is 4. The minimum atomic E-state index is -0.492. The van der Waals surface area contributed by atoms with Crippen LogP contribution in [0.2, 0.25) is 0 Å². The topological polar surface area (TPSA) is 85.5 Å². The highest BCUT2D eigenvalue weighted by molar-refractivity contribution is 5.94. The summed E-state index contributed by atoms with van der Waals surface area (Å²) in [5, 5.41) is 11.5. The van der Waals surface area contributed by atoms with Crippen LogP contribution in [0, 0.1) is 10.1 Å². The number of nitrogens with zero attached hydrogens (tertiary/aromatic N) is 3. The zero-order chi connectivity index (χ0) is 18.7. The van der Waals surface area contributed by atoms with Crippen LogP contribution >= 0.6 is 0 Å². The van der Waals surface area contributed by atoms with E-state index < -0.39 is 4.92 Å². The summed E-state index contributed by atoms with van der Waals surface area (Å²) in [6.07, 6.45) is 0. The van der Waals surface area contributed by atoms with Gasteiger partial charge in [0.1, 0.15) is 6.54 Å². The van der Waals surface area contributed by atoms with Gasteiger partial charge in [-0.1, -0.05) is 18.2 Å². The van der Waals surface area contributed by atoms with Gasteiger partial charge in [0.05, 0.1) is 10.4 Å². The highest BCUT2D eigenvalue weighted by Gasteiger charge is 2.17. The Morgan fingerprint density at radius 1 is 1.12 bits per heavy atom. The van der Waals surface area contributed by atoms with Crippen LogP contribution in [0.25, 0.3) is 10.9 Å². The van der Waals surface area contributed by atoms with Crippen molar-refractivity contribution in [3.63, 3.8) is 0 Å². The number of fused-ring (bicyclic) bond motifs is 1. The van der Waals surface area contributed by atoms with E-state index in [1.54, 1.807) is 4.90 Å². The second-order valence-electron chi connectivity index (χ2n) is 5.73. The number of hydrogen-bond donors (Lipinski definition) is 0. The molecule has 1 heterocycles. The first-order valence-corrected chi connectivity index (χ1v) is 8.14. The van der Waals surface area contributed by atoms with Gasteiger partial charge in [0.2, 0.25) is 5.91 Å². The number of pyridine rings is 1. The Hall–Kier alpha value is -3.48. The third-order valence-electron chi connectivity index (χ3n) is 4.16. The van der Waals surface area contributed by atoms with Crippen LogP contribution < -0.4 is 10.5 Å². The Morgan fingerprint density at radius 2 is 1.85 bits per heavy atom. The number of aromatic nitrogens is 1. The maximum absolute atomic E-state index is 12.8. The molecule has 0 N–H and O–H groups in total. The Balaban J connectivity index is 1.99. The van der Waals surface area contributed by atoms with E-state index in [0.717, 1.165) is 5.69 Å². The van der Waals surface area contributed by atoms with Gasteiger partial charge in [-0.05, 0) is 31.2 Å². The predicted molar refractivity (Wildman–Crippen MR) is 99.3 cm³/mol. The number of rotatable bonds is 5. The molecule has 0 saturated carbocycles. The molecular formula is C19H17N3O4. The van der Waals surface area contributed by atoms with E-state index in [1.165, 1.54) is 34.9 Å². The molecule has 3 aromatic rings. The van der Waals surface area contributed by atoms with Gasteiger partial charge < -0.3 is 4.90 Å². The number of nitro groups is 1. The number of carbonyl (C=O) groups excluding carboxylic acids is 1. The molecule has 0 saturated heterocycles. The van der Waals surface area contributed by atoms with E-state index in [-0.39, 0.29) is 23.7 Å². The lowest BCUT2D eigenvalue weighted by Gasteiger charge is -2.22. The molecule has 0 radical (unpaired) electrons. The van der Waals surface area contributed by atoms with Crippen LogP contribution in [0.15, 0.2) is 65.5 Å². The summed E-state index contributed by atoms with van der Waals surface area (Å²) in [6, 6.07) is 16.3. The number of para-hydroxylation sites is 1. The number of likely N-dealkylation sites (N-methyl/N-ethyl adjacent to an activating group) is 1. The summed E-state index contributed by atoms with van der Waals surface area (Å²) >= 11 is 0. The van der Waals surface area contributed by atoms with Crippen molar-refractivity contribution in [1.29, 1.82) is 0 Å². The van der Waals surface area contributed by atoms with Crippen LogP contribution in [-0.2, 0) is 11.3 Å². The van der Waals surface area contributed by atoms with E-state index in [0.29, 0.717) is 17.4 Å². The summed E-state index contributed by atoms with van der Waals surface area (Å²) in [7, 11) is 0. The molecule has 0 unspecified atom stereocenters. The molecular weight excluding hydrogens is 334 g/mol. The standard InChI is InChI=1S/C19H17N3O4/c1-2-20(15-6-4-3-5-7-15)19(24)13-21-17-10-9-16(22(25)26)12-14(17)8-11-18(21)23/h3-12H,2,13H2,1H3. The SMILES string of the molecule is CCN(C(=O)Cn1c(=O)ccc2cc([N+](=O)[O-])ccc21)c1ccccc1. The van der Waals surface area contributed by atoms with Crippen molar-refractivity contribution < 1.29 is 9.72 Å². The Bertz CT molecular complexity index is 1030. The third-order valence-corrected chi connectivity index (χ3v) is 4.16. The number of anilines is 1. The smallest absolute Gasteiger partial charge is 0.270 e. The molecule has 26 heavy (non-hydrogen) atoms. The second kappa shape index (κ2) is 7.18. The molecule has 2 aromatic carbocycles. The fourth-order valence-corrected chi connectivity index (χ4v) is 2.90. The molecule has 3 rings (SSSR count). The quantitative estimate of drug-likeness (QED) is 0.522. The Kier molecular flexibility index (Phi) is 4.79. The summed E-state index contributed by atoms with van der Waals surface area (Å²) in [6.45, 7) is 2.19. The van der Waals surface area contributed by atoms with Crippen LogP contribution in [0.4, 0.5) is 11.4 Å². The van der Waals surface area contributed by atoms with E-state index in [2.05, 4.69) is 0 Å². The number of benzene rings is 2. The van der Waals surface area contributed by atoms with Crippen molar-refractivity contribution >= 4 is 28.2 Å². The van der Waals surface area contributed by atoms with Gasteiger partial charge in [0.25, 0.3) is 11.2 Å². The van der Waals surface area contributed by atoms with Gasteiger partial charge in [0, 0.05) is 35.8 Å². The van der Waals surface area contributed by atoms with E-state index in [4.69, 9.17) is 0 Å². The average molecular weight is 351 g/mol. The van der Waals surface area contributed by atoms with Gasteiger partial charge in [-0.25, -0.2) is 0 Å². The fourth-order valence-electron chi connectivity index (χ4n) is 2.90. The van der Waals surface area contributed by atoms with Crippen molar-refractivity contribution in [2.75, 3.05) is 11.4 Å². The van der Waals surface area contributed by atoms with Gasteiger partial charge in [-0.2, -0.15) is 0 Å². The van der Waals surface area contributed by atoms with Crippen LogP contribution in [0.5, 0.6) is 0 Å². The molecule has 0 bridgehead atoms. The lowest BCUT2D eigenvalue weighted by molar-refractivity contribution is -0.384. The Labute approximate surface area is 149 Å². The van der Waals surface area contributed by atoms with Crippen molar-refractivity contribution in [2.45, 2.75) is 13.5 Å². The van der Waals surface area contributed by atoms with Crippen molar-refractivity contribution in [3.05, 3.63) is 81.1 Å². The van der Waals surface area contributed by atoms with E-state index >= 15 is 0 Å². The average Bonchev–Trinajstić information content (AvgIpc) is 2.65. The van der Waals surface area contributed by atoms with E-state index in [1.807, 2.05) is 37.3 Å². The molecule has 0 aliphatic rings. The van der Waals surface area contributed by atoms with Gasteiger partial charge >= 0.3 is 0 Å². The highest BCUT2D eigenvalue weighted by Crippen LogP contribution is 2.20. The molecule has 1 aromatic heterocycles. The molecule has 0 aliphatic carbocycles. The van der Waals surface area contributed by atoms with Crippen LogP contribution in [0.1, 0.15) is 6.92 Å². The molecule has 7 nitrogen and oxygen atoms in total. The number of nitro benzene ring substituents is 1. The predicted octanol–water partition coefficient (Wildman–Crippen LogP) is 2.96. The zero-order valence-corrected chi connectivity index (χ0v) is 14.2. The first kappa shape index (κ1) is 17.3. The van der Waals surface area contributed by atoms with Crippen molar-refractivity contribution in [3.8, 4) is 0 Å². The fraction of sp³-hybridized carbons (Fsp3) is 0.158. The van der Waals surface area contributed by atoms with Gasteiger partial charge in [-0.3, -0.25) is 24.3 Å². The molecule has 0 aliphatic heterocycles. The molecule has 7 heteroatoms. The lowest BCUT2D eigenvalue weighted by Crippen LogP contribution is -2.36. The molecule has 0 spiro atoms. The monoisotopic (exact) mass is 351 g/mol. The largest absolute Gasteiger partial charge is 0.311 e. The van der Waals surface area contributed by atoms with Gasteiger partial charge in [-0.15, -0.1) is 0 Å². The minimum absolute atomic E-state index is 0.0616. The zero-order valence-electron chi connectivity index (χ0n) is 14.2. The third kappa shape index (κ3) is 3.32. The summed E-state index contributed by atoms with van der Waals surface area (Å²) < 4.78 is 1.34. The van der Waals surface area contributed by atoms with Gasteiger partial charge in [0.15, 0.2) is 0 Å². The maximum Gasteiger partial charge on any atom is 0.270 e. The Morgan fingerprint density at radius 3 is 2.50 bits per heavy atom. The number of carbonyl (C=O) groups is 1. The summed E-state index contributed by atoms with van der Waals surface area (Å²) in [5.74, 6) is -0.230. The summed E-state index contributed by atoms with van der Waals surface area (Å²) in [5.41, 5.74) is 0.849. The number of amides is 1. The maximum atomic E-state index is 12.8. The second-order valence-corrected chi connectivity index (χ2v) is 5.73. The molecule has 1 amide bonds. The first-order valence-electron chi connectivity index (χ1n) is 8.14. The normalized spacial score (nSPS) is 10.7. The highest BCUT2D eigenvalue weighted by atomic mass is 16.6. The lowest BCUT2D eigenvalue weighted by atomic mass is 10.2. The molecule has 0 atom stereocenters. The molecule has 0 fully saturated rings. The van der Waals surface area contributed by atoms with Crippen LogP contribution in [-0.4, -0.2) is 21.9 Å². The minimum Gasteiger partial charge on any atom is -0.311 e. The van der Waals surface area contributed by atoms with Crippen molar-refractivity contribution in [2.24, 2.45) is 0 Å². The first-order chi connectivity index (χ1) is 12.5. The van der Waals surface area contributed by atoms with E-state index in [9.17, 15) is 19.7 Å².